The number of anilines is 1. The summed E-state index contributed by atoms with van der Waals surface area (Å²) in [5.74, 6) is -0.818. The molecule has 0 saturated carbocycles. The molecule has 0 radical (unpaired) electrons. The highest BCUT2D eigenvalue weighted by Crippen LogP contribution is 2.32. The molecule has 0 unspecified atom stereocenters. The maximum absolute atomic E-state index is 13.4. The third-order valence-electron chi connectivity index (χ3n) is 4.44. The lowest BCUT2D eigenvalue weighted by molar-refractivity contribution is -0.142. The lowest BCUT2D eigenvalue weighted by Crippen LogP contribution is -2.15. The Morgan fingerprint density at radius 1 is 1.19 bits per heavy atom. The van der Waals surface area contributed by atoms with Crippen molar-refractivity contribution in [1.82, 2.24) is 24.4 Å². The topological polar surface area (TPSA) is 77.1 Å². The van der Waals surface area contributed by atoms with Crippen molar-refractivity contribution >= 4 is 52.0 Å². The van der Waals surface area contributed by atoms with Gasteiger partial charge in [0.05, 0.1) is 18.4 Å². The lowest BCUT2D eigenvalue weighted by Gasteiger charge is -2.09. The van der Waals surface area contributed by atoms with E-state index in [-0.39, 0.29) is 28.6 Å². The van der Waals surface area contributed by atoms with Gasteiger partial charge < -0.3 is 5.32 Å². The summed E-state index contributed by atoms with van der Waals surface area (Å²) in [6.45, 7) is 1.62. The summed E-state index contributed by atoms with van der Waals surface area (Å²) in [5, 5.41) is 11.0. The van der Waals surface area contributed by atoms with Crippen molar-refractivity contribution in [3.8, 4) is 0 Å². The monoisotopic (exact) mass is 502 g/mol. The fourth-order valence-electron chi connectivity index (χ4n) is 3.01. The van der Waals surface area contributed by atoms with Crippen molar-refractivity contribution in [3.63, 3.8) is 0 Å². The van der Waals surface area contributed by atoms with E-state index in [2.05, 4.69) is 20.5 Å². The molecule has 0 spiro atoms. The number of aryl methyl sites for hydroxylation is 1. The van der Waals surface area contributed by atoms with Crippen LogP contribution in [-0.4, -0.2) is 30.3 Å². The average Bonchev–Trinajstić information content (AvgIpc) is 3.28. The SMILES string of the molecule is Cc1cc(C(F)(F)F)n2nc(C(=O)Nc3cnn(Cc4c(Cl)cccc4Cl)c3)c(Cl)c2n1. The Balaban J connectivity index is 1.61. The Morgan fingerprint density at radius 3 is 2.53 bits per heavy atom. The molecule has 1 aromatic carbocycles. The molecule has 3 heterocycles. The van der Waals surface area contributed by atoms with Crippen LogP contribution in [0.15, 0.2) is 36.7 Å². The standard InChI is InChI=1S/C19H12Cl3F3N6O/c1-9-5-14(19(23,24)25)31-17(27-9)15(22)16(29-31)18(32)28-10-6-26-30(7-10)8-11-12(20)3-2-4-13(11)21/h2-7H,8H2,1H3,(H,28,32). The molecule has 166 valence electrons. The second-order valence-corrected chi connectivity index (χ2v) is 7.95. The quantitative estimate of drug-likeness (QED) is 0.398. The highest BCUT2D eigenvalue weighted by molar-refractivity contribution is 6.37. The van der Waals surface area contributed by atoms with E-state index in [9.17, 15) is 18.0 Å². The molecular formula is C19H12Cl3F3N6O. The zero-order chi connectivity index (χ0) is 23.2. The van der Waals surface area contributed by atoms with Crippen LogP contribution in [0.3, 0.4) is 0 Å². The van der Waals surface area contributed by atoms with Crippen molar-refractivity contribution in [2.24, 2.45) is 0 Å². The molecule has 0 aliphatic carbocycles. The average molecular weight is 504 g/mol. The van der Waals surface area contributed by atoms with Crippen LogP contribution in [-0.2, 0) is 12.7 Å². The minimum atomic E-state index is -4.71. The summed E-state index contributed by atoms with van der Waals surface area (Å²) in [6, 6.07) is 5.90. The van der Waals surface area contributed by atoms with Crippen molar-refractivity contribution in [1.29, 1.82) is 0 Å². The number of aromatic nitrogens is 5. The van der Waals surface area contributed by atoms with E-state index in [0.29, 0.717) is 20.1 Å². The number of rotatable bonds is 4. The van der Waals surface area contributed by atoms with E-state index < -0.39 is 23.5 Å². The first-order chi connectivity index (χ1) is 15.0. The Bertz CT molecular complexity index is 1330. The second-order valence-electron chi connectivity index (χ2n) is 6.76. The van der Waals surface area contributed by atoms with Gasteiger partial charge in [0.15, 0.2) is 11.3 Å². The van der Waals surface area contributed by atoms with E-state index in [1.54, 1.807) is 18.2 Å². The Labute approximate surface area is 193 Å². The van der Waals surface area contributed by atoms with E-state index in [4.69, 9.17) is 34.8 Å². The molecule has 1 amide bonds. The van der Waals surface area contributed by atoms with Crippen LogP contribution in [0, 0.1) is 6.92 Å². The second kappa shape index (κ2) is 8.27. The van der Waals surface area contributed by atoms with Gasteiger partial charge in [0, 0.05) is 27.5 Å². The van der Waals surface area contributed by atoms with Crippen LogP contribution >= 0.6 is 34.8 Å². The van der Waals surface area contributed by atoms with Crippen LogP contribution in [0.2, 0.25) is 15.1 Å². The molecule has 0 saturated heterocycles. The van der Waals surface area contributed by atoms with Crippen molar-refractivity contribution in [2.45, 2.75) is 19.6 Å². The van der Waals surface area contributed by atoms with Crippen LogP contribution in [0.1, 0.15) is 27.4 Å². The molecule has 32 heavy (non-hydrogen) atoms. The molecule has 1 N–H and O–H groups in total. The molecule has 13 heteroatoms. The van der Waals surface area contributed by atoms with Crippen molar-refractivity contribution in [3.05, 3.63) is 74.4 Å². The lowest BCUT2D eigenvalue weighted by atomic mass is 10.2. The Hall–Kier alpha value is -2.82. The van der Waals surface area contributed by atoms with E-state index in [0.717, 1.165) is 6.07 Å². The molecule has 0 aliphatic heterocycles. The number of hydrogen-bond donors (Lipinski definition) is 1. The van der Waals surface area contributed by atoms with Gasteiger partial charge in [0.2, 0.25) is 0 Å². The zero-order valence-electron chi connectivity index (χ0n) is 16.1. The number of alkyl halides is 3. The van der Waals surface area contributed by atoms with Crippen LogP contribution in [0.5, 0.6) is 0 Å². The normalized spacial score (nSPS) is 11.8. The number of carbonyl (C=O) groups is 1. The molecule has 4 aromatic rings. The Kier molecular flexibility index (Phi) is 5.78. The summed E-state index contributed by atoms with van der Waals surface area (Å²) in [4.78, 5) is 16.6. The van der Waals surface area contributed by atoms with Gasteiger partial charge >= 0.3 is 6.18 Å². The Morgan fingerprint density at radius 2 is 1.88 bits per heavy atom. The van der Waals surface area contributed by atoms with Crippen molar-refractivity contribution in [2.75, 3.05) is 5.32 Å². The third kappa shape index (κ3) is 4.25. The van der Waals surface area contributed by atoms with Gasteiger partial charge in [-0.3, -0.25) is 9.48 Å². The maximum Gasteiger partial charge on any atom is 0.433 e. The van der Waals surface area contributed by atoms with Gasteiger partial charge in [0.1, 0.15) is 10.7 Å². The fourth-order valence-corrected chi connectivity index (χ4v) is 3.77. The van der Waals surface area contributed by atoms with Gasteiger partial charge in [-0.15, -0.1) is 0 Å². The summed E-state index contributed by atoms with van der Waals surface area (Å²) in [6.07, 6.45) is -1.85. The first-order valence-electron chi connectivity index (χ1n) is 8.94. The van der Waals surface area contributed by atoms with E-state index in [1.807, 2.05) is 0 Å². The highest BCUT2D eigenvalue weighted by atomic mass is 35.5. The number of amides is 1. The predicted octanol–water partition coefficient (Wildman–Crippen LogP) is 5.51. The molecule has 4 rings (SSSR count). The van der Waals surface area contributed by atoms with Gasteiger partial charge in [-0.05, 0) is 25.1 Å². The molecule has 0 bridgehead atoms. The first kappa shape index (κ1) is 22.4. The van der Waals surface area contributed by atoms with Gasteiger partial charge in [-0.2, -0.15) is 23.4 Å². The number of halogens is 6. The van der Waals surface area contributed by atoms with Crippen molar-refractivity contribution < 1.29 is 18.0 Å². The zero-order valence-corrected chi connectivity index (χ0v) is 18.4. The molecular weight excluding hydrogens is 492 g/mol. The highest BCUT2D eigenvalue weighted by Gasteiger charge is 2.36. The number of nitrogens with zero attached hydrogens (tertiary/aromatic N) is 5. The number of nitrogens with one attached hydrogen (secondary N) is 1. The summed E-state index contributed by atoms with van der Waals surface area (Å²) in [5.41, 5.74) is -0.776. The van der Waals surface area contributed by atoms with Crippen LogP contribution in [0.4, 0.5) is 18.9 Å². The fraction of sp³-hybridized carbons (Fsp3) is 0.158. The summed E-state index contributed by atoms with van der Waals surface area (Å²) < 4.78 is 42.1. The van der Waals surface area contributed by atoms with Gasteiger partial charge in [-0.25, -0.2) is 9.50 Å². The molecule has 0 fully saturated rings. The number of hydrogen-bond acceptors (Lipinski definition) is 4. The van der Waals surface area contributed by atoms with E-state index in [1.165, 1.54) is 24.0 Å². The molecule has 3 aromatic heterocycles. The minimum Gasteiger partial charge on any atom is -0.318 e. The number of fused-ring (bicyclic) bond motifs is 1. The molecule has 0 atom stereocenters. The summed E-state index contributed by atoms with van der Waals surface area (Å²) in [7, 11) is 0. The molecule has 7 nitrogen and oxygen atoms in total. The van der Waals surface area contributed by atoms with Gasteiger partial charge in [0.25, 0.3) is 5.91 Å². The van der Waals surface area contributed by atoms with E-state index >= 15 is 0 Å². The third-order valence-corrected chi connectivity index (χ3v) is 5.50. The predicted molar refractivity (Wildman–Crippen MR) is 113 cm³/mol. The number of carbonyl (C=O) groups excluding carboxylic acids is 1. The molecule has 0 aliphatic rings. The first-order valence-corrected chi connectivity index (χ1v) is 10.1. The van der Waals surface area contributed by atoms with Crippen LogP contribution in [0.25, 0.3) is 5.65 Å². The van der Waals surface area contributed by atoms with Gasteiger partial charge in [-0.1, -0.05) is 40.9 Å². The summed E-state index contributed by atoms with van der Waals surface area (Å²) >= 11 is 18.4. The van der Waals surface area contributed by atoms with Crippen LogP contribution < -0.4 is 5.32 Å². The minimum absolute atomic E-state index is 0.0816. The maximum atomic E-state index is 13.4. The number of benzene rings is 1. The smallest absolute Gasteiger partial charge is 0.318 e. The largest absolute Gasteiger partial charge is 0.433 e.